The van der Waals surface area contributed by atoms with E-state index in [1.165, 1.54) is 0 Å². The van der Waals surface area contributed by atoms with E-state index in [-0.39, 0.29) is 24.7 Å². The summed E-state index contributed by atoms with van der Waals surface area (Å²) in [5.74, 6) is 1.07. The van der Waals surface area contributed by atoms with E-state index < -0.39 is 0 Å². The zero-order valence-corrected chi connectivity index (χ0v) is 10.9. The van der Waals surface area contributed by atoms with Crippen molar-refractivity contribution in [3.05, 3.63) is 29.8 Å². The van der Waals surface area contributed by atoms with Crippen LogP contribution in [0.15, 0.2) is 24.3 Å². The van der Waals surface area contributed by atoms with E-state index in [2.05, 4.69) is 0 Å². The molecule has 0 heterocycles. The van der Waals surface area contributed by atoms with Gasteiger partial charge in [-0.05, 0) is 44.9 Å². The van der Waals surface area contributed by atoms with Crippen molar-refractivity contribution in [3.8, 4) is 5.75 Å². The molecule has 0 saturated carbocycles. The second-order valence-corrected chi connectivity index (χ2v) is 4.71. The molecule has 1 rings (SSSR count). The zero-order chi connectivity index (χ0) is 12.8. The molecule has 2 atom stereocenters. The van der Waals surface area contributed by atoms with Gasteiger partial charge in [-0.2, -0.15) is 0 Å². The van der Waals surface area contributed by atoms with Gasteiger partial charge in [0.2, 0.25) is 0 Å². The van der Waals surface area contributed by atoms with E-state index in [4.69, 9.17) is 15.6 Å². The maximum Gasteiger partial charge on any atom is 0.119 e. The van der Waals surface area contributed by atoms with E-state index in [1.807, 2.05) is 45.0 Å². The smallest absolute Gasteiger partial charge is 0.119 e. The third-order valence-electron chi connectivity index (χ3n) is 2.75. The van der Waals surface area contributed by atoms with E-state index >= 15 is 0 Å². The van der Waals surface area contributed by atoms with Crippen LogP contribution in [0.5, 0.6) is 5.75 Å². The minimum Gasteiger partial charge on any atom is -0.491 e. The van der Waals surface area contributed by atoms with Gasteiger partial charge in [-0.25, -0.2) is 0 Å². The maximum absolute atomic E-state index is 9.04. The fourth-order valence-corrected chi connectivity index (χ4v) is 1.94. The Morgan fingerprint density at radius 3 is 2.18 bits per heavy atom. The first kappa shape index (κ1) is 14.0. The molecule has 3 nitrogen and oxygen atoms in total. The van der Waals surface area contributed by atoms with Crippen molar-refractivity contribution in [1.29, 1.82) is 0 Å². The van der Waals surface area contributed by atoms with Gasteiger partial charge in [0, 0.05) is 18.6 Å². The molecule has 0 fully saturated rings. The lowest BCUT2D eigenvalue weighted by atomic mass is 9.90. The number of rotatable bonds is 6. The third kappa shape index (κ3) is 4.36. The molecule has 96 valence electrons. The van der Waals surface area contributed by atoms with Gasteiger partial charge in [0.1, 0.15) is 5.75 Å². The number of ether oxygens (including phenoxy) is 1. The highest BCUT2D eigenvalue weighted by Crippen LogP contribution is 2.24. The highest BCUT2D eigenvalue weighted by atomic mass is 16.5. The Morgan fingerprint density at radius 2 is 1.76 bits per heavy atom. The summed E-state index contributed by atoms with van der Waals surface area (Å²) >= 11 is 0. The quantitative estimate of drug-likeness (QED) is 0.798. The third-order valence-corrected chi connectivity index (χ3v) is 2.75. The Hall–Kier alpha value is -1.06. The summed E-state index contributed by atoms with van der Waals surface area (Å²) in [7, 11) is 0. The van der Waals surface area contributed by atoms with Gasteiger partial charge in [-0.3, -0.25) is 0 Å². The van der Waals surface area contributed by atoms with Crippen LogP contribution in [0.4, 0.5) is 0 Å². The first-order valence-corrected chi connectivity index (χ1v) is 6.17. The van der Waals surface area contributed by atoms with Gasteiger partial charge >= 0.3 is 0 Å². The van der Waals surface area contributed by atoms with Gasteiger partial charge in [-0.15, -0.1) is 0 Å². The van der Waals surface area contributed by atoms with Crippen LogP contribution in [-0.2, 0) is 0 Å². The van der Waals surface area contributed by atoms with Crippen LogP contribution in [0.25, 0.3) is 0 Å². The van der Waals surface area contributed by atoms with Crippen molar-refractivity contribution in [1.82, 2.24) is 0 Å². The maximum atomic E-state index is 9.04. The van der Waals surface area contributed by atoms with Gasteiger partial charge in [0.15, 0.2) is 0 Å². The molecule has 0 saturated heterocycles. The van der Waals surface area contributed by atoms with Crippen molar-refractivity contribution >= 4 is 0 Å². The molecule has 0 aliphatic rings. The number of aliphatic hydroxyl groups is 1. The fourth-order valence-electron chi connectivity index (χ4n) is 1.94. The second-order valence-electron chi connectivity index (χ2n) is 4.71. The number of hydrogen-bond donors (Lipinski definition) is 2. The standard InChI is InChI=1S/C14H23NO2/c1-10(2)17-13-6-4-12(5-7-13)14(8-9-16)11(3)15/h4-7,10-11,14,16H,8-9,15H2,1-3H3. The van der Waals surface area contributed by atoms with Gasteiger partial charge in [0.05, 0.1) is 6.10 Å². The van der Waals surface area contributed by atoms with Crippen molar-refractivity contribution in [2.24, 2.45) is 5.73 Å². The molecule has 2 unspecified atom stereocenters. The molecule has 0 radical (unpaired) electrons. The molecule has 3 N–H and O–H groups in total. The fraction of sp³-hybridized carbons (Fsp3) is 0.571. The Morgan fingerprint density at radius 1 is 1.18 bits per heavy atom. The monoisotopic (exact) mass is 237 g/mol. The normalized spacial score (nSPS) is 14.7. The molecule has 0 spiro atoms. The molecule has 1 aromatic rings. The summed E-state index contributed by atoms with van der Waals surface area (Å²) in [4.78, 5) is 0. The summed E-state index contributed by atoms with van der Waals surface area (Å²) in [5, 5.41) is 9.04. The van der Waals surface area contributed by atoms with Crippen LogP contribution in [0, 0.1) is 0 Å². The van der Waals surface area contributed by atoms with Crippen LogP contribution >= 0.6 is 0 Å². The first-order valence-electron chi connectivity index (χ1n) is 6.17. The summed E-state index contributed by atoms with van der Waals surface area (Å²) < 4.78 is 5.59. The molecule has 0 aromatic heterocycles. The SMILES string of the molecule is CC(C)Oc1ccc(C(CCO)C(C)N)cc1. The largest absolute Gasteiger partial charge is 0.491 e. The van der Waals surface area contributed by atoms with Gasteiger partial charge < -0.3 is 15.6 Å². The lowest BCUT2D eigenvalue weighted by Crippen LogP contribution is -2.25. The average Bonchev–Trinajstić information content (AvgIpc) is 2.26. The summed E-state index contributed by atoms with van der Waals surface area (Å²) in [6, 6.07) is 8.02. The zero-order valence-electron chi connectivity index (χ0n) is 10.9. The molecular weight excluding hydrogens is 214 g/mol. The Balaban J connectivity index is 2.77. The first-order chi connectivity index (χ1) is 8.04. The van der Waals surface area contributed by atoms with Crippen LogP contribution in [0.1, 0.15) is 38.7 Å². The van der Waals surface area contributed by atoms with E-state index in [1.54, 1.807) is 0 Å². The minimum atomic E-state index is 0.0408. The average molecular weight is 237 g/mol. The Bertz CT molecular complexity index is 319. The highest BCUT2D eigenvalue weighted by molar-refractivity contribution is 5.30. The molecule has 0 amide bonds. The van der Waals surface area contributed by atoms with E-state index in [9.17, 15) is 0 Å². The molecular formula is C14H23NO2. The van der Waals surface area contributed by atoms with Crippen LogP contribution < -0.4 is 10.5 Å². The summed E-state index contributed by atoms with van der Waals surface area (Å²) in [6.45, 7) is 6.14. The lowest BCUT2D eigenvalue weighted by molar-refractivity contribution is 0.242. The number of aliphatic hydroxyl groups excluding tert-OH is 1. The molecule has 0 aliphatic heterocycles. The van der Waals surface area contributed by atoms with Gasteiger partial charge in [0.25, 0.3) is 0 Å². The highest BCUT2D eigenvalue weighted by Gasteiger charge is 2.15. The van der Waals surface area contributed by atoms with Crippen LogP contribution in [0.3, 0.4) is 0 Å². The Kier molecular flexibility index (Phi) is 5.45. The number of nitrogens with two attached hydrogens (primary N) is 1. The van der Waals surface area contributed by atoms with Crippen LogP contribution in [-0.4, -0.2) is 23.9 Å². The van der Waals surface area contributed by atoms with Crippen molar-refractivity contribution in [2.45, 2.75) is 45.3 Å². The predicted octanol–water partition coefficient (Wildman–Crippen LogP) is 2.29. The summed E-state index contributed by atoms with van der Waals surface area (Å²) in [5.41, 5.74) is 7.09. The van der Waals surface area contributed by atoms with E-state index in [0.29, 0.717) is 6.42 Å². The summed E-state index contributed by atoms with van der Waals surface area (Å²) in [6.07, 6.45) is 0.879. The van der Waals surface area contributed by atoms with Crippen molar-refractivity contribution in [3.63, 3.8) is 0 Å². The topological polar surface area (TPSA) is 55.5 Å². The van der Waals surface area contributed by atoms with Gasteiger partial charge in [-0.1, -0.05) is 12.1 Å². The molecule has 0 aliphatic carbocycles. The van der Waals surface area contributed by atoms with Crippen LogP contribution in [0.2, 0.25) is 0 Å². The number of benzene rings is 1. The lowest BCUT2D eigenvalue weighted by Gasteiger charge is -2.20. The number of hydrogen-bond acceptors (Lipinski definition) is 3. The van der Waals surface area contributed by atoms with Crippen molar-refractivity contribution in [2.75, 3.05) is 6.61 Å². The van der Waals surface area contributed by atoms with Crippen molar-refractivity contribution < 1.29 is 9.84 Å². The molecule has 0 bridgehead atoms. The second kappa shape index (κ2) is 6.62. The minimum absolute atomic E-state index is 0.0408. The molecule has 1 aromatic carbocycles. The predicted molar refractivity (Wildman–Crippen MR) is 70.3 cm³/mol. The Labute approximate surface area is 104 Å². The molecule has 17 heavy (non-hydrogen) atoms. The van der Waals surface area contributed by atoms with E-state index in [0.717, 1.165) is 11.3 Å². The molecule has 3 heteroatoms.